The Bertz CT molecular complexity index is 842. The van der Waals surface area contributed by atoms with Crippen LogP contribution in [0.1, 0.15) is 37.8 Å². The summed E-state index contributed by atoms with van der Waals surface area (Å²) in [7, 11) is 6.94. The van der Waals surface area contributed by atoms with E-state index in [0.717, 1.165) is 37.9 Å². The minimum Gasteiger partial charge on any atom is -0.493 e. The maximum absolute atomic E-state index is 10.3. The van der Waals surface area contributed by atoms with Crippen molar-refractivity contribution in [3.63, 3.8) is 0 Å². The van der Waals surface area contributed by atoms with Gasteiger partial charge in [-0.25, -0.2) is 0 Å². The first kappa shape index (κ1) is 27.6. The Balaban J connectivity index is 0.00000512. The number of methoxy groups -OCH3 is 3. The van der Waals surface area contributed by atoms with Gasteiger partial charge in [-0.3, -0.25) is 0 Å². The van der Waals surface area contributed by atoms with Gasteiger partial charge in [-0.15, -0.1) is 12.4 Å². The molecule has 32 heavy (non-hydrogen) atoms. The highest BCUT2D eigenvalue weighted by Crippen LogP contribution is 2.45. The molecule has 0 aliphatic rings. The number of nitriles is 1. The molecule has 6 heteroatoms. The average Bonchev–Trinajstić information content (AvgIpc) is 2.80. The molecule has 0 heterocycles. The van der Waals surface area contributed by atoms with Crippen LogP contribution in [0.5, 0.6) is 17.2 Å². The molecule has 1 unspecified atom stereocenters. The summed E-state index contributed by atoms with van der Waals surface area (Å²) in [5.41, 5.74) is 1.62. The summed E-state index contributed by atoms with van der Waals surface area (Å²) in [5, 5.41) is 10.3. The molecule has 0 saturated heterocycles. The van der Waals surface area contributed by atoms with Gasteiger partial charge in [0.1, 0.15) is 0 Å². The zero-order valence-corrected chi connectivity index (χ0v) is 21.0. The third-order valence-electron chi connectivity index (χ3n) is 6.10. The number of nitrogens with zero attached hydrogens (tertiary/aromatic N) is 2. The summed E-state index contributed by atoms with van der Waals surface area (Å²) in [5.74, 6) is 1.84. The summed E-state index contributed by atoms with van der Waals surface area (Å²) < 4.78 is 16.5. The first-order valence-corrected chi connectivity index (χ1v) is 10.9. The molecule has 2 rings (SSSR count). The van der Waals surface area contributed by atoms with Gasteiger partial charge in [0.25, 0.3) is 0 Å². The van der Waals surface area contributed by atoms with Gasteiger partial charge < -0.3 is 19.1 Å². The van der Waals surface area contributed by atoms with E-state index in [4.69, 9.17) is 14.2 Å². The lowest BCUT2D eigenvalue weighted by Gasteiger charge is -2.33. The van der Waals surface area contributed by atoms with E-state index in [-0.39, 0.29) is 18.3 Å². The smallest absolute Gasteiger partial charge is 0.203 e. The van der Waals surface area contributed by atoms with E-state index in [1.807, 2.05) is 18.2 Å². The minimum absolute atomic E-state index is 0. The molecule has 0 fully saturated rings. The van der Waals surface area contributed by atoms with Crippen molar-refractivity contribution in [3.8, 4) is 23.3 Å². The van der Waals surface area contributed by atoms with Crippen molar-refractivity contribution in [2.75, 3.05) is 41.5 Å². The lowest BCUT2D eigenvalue weighted by Crippen LogP contribution is -2.32. The summed E-state index contributed by atoms with van der Waals surface area (Å²) in [6, 6.07) is 17.0. The Morgan fingerprint density at radius 2 is 1.56 bits per heavy atom. The van der Waals surface area contributed by atoms with E-state index >= 15 is 0 Å². The quantitative estimate of drug-likeness (QED) is 0.418. The van der Waals surface area contributed by atoms with E-state index in [1.54, 1.807) is 21.3 Å². The van der Waals surface area contributed by atoms with Gasteiger partial charge in [0, 0.05) is 6.54 Å². The molecule has 1 atom stereocenters. The van der Waals surface area contributed by atoms with Crippen molar-refractivity contribution < 1.29 is 14.2 Å². The van der Waals surface area contributed by atoms with Crippen molar-refractivity contribution in [3.05, 3.63) is 53.6 Å². The van der Waals surface area contributed by atoms with Crippen LogP contribution in [0.4, 0.5) is 0 Å². The second-order valence-electron chi connectivity index (χ2n) is 8.29. The Labute approximate surface area is 199 Å². The van der Waals surface area contributed by atoms with Crippen LogP contribution in [0.2, 0.25) is 0 Å². The average molecular weight is 461 g/mol. The van der Waals surface area contributed by atoms with Crippen LogP contribution in [0.15, 0.2) is 42.5 Å². The third-order valence-corrected chi connectivity index (χ3v) is 6.10. The highest BCUT2D eigenvalue weighted by molar-refractivity contribution is 5.85. The molecule has 2 aromatic carbocycles. The molecule has 0 amide bonds. The zero-order valence-electron chi connectivity index (χ0n) is 20.2. The molecule has 0 aliphatic heterocycles. The van der Waals surface area contributed by atoms with Gasteiger partial charge in [0.2, 0.25) is 5.75 Å². The van der Waals surface area contributed by atoms with E-state index in [0.29, 0.717) is 17.2 Å². The fourth-order valence-corrected chi connectivity index (χ4v) is 4.06. The Morgan fingerprint density at radius 1 is 0.969 bits per heavy atom. The van der Waals surface area contributed by atoms with Gasteiger partial charge in [-0.05, 0) is 62.0 Å². The van der Waals surface area contributed by atoms with E-state index in [2.05, 4.69) is 56.1 Å². The van der Waals surface area contributed by atoms with Gasteiger partial charge in [-0.1, -0.05) is 44.2 Å². The number of rotatable bonds is 12. The number of benzene rings is 2. The summed E-state index contributed by atoms with van der Waals surface area (Å²) in [6.07, 6.45) is 2.71. The van der Waals surface area contributed by atoms with Gasteiger partial charge in [0.15, 0.2) is 11.5 Å². The molecule has 0 spiro atoms. The SMILES string of the molecule is COc1cc(C(C#N)(CCCN(C)CCc2ccccc2)C(C)C)cc(OC)c1OC.Cl. The van der Waals surface area contributed by atoms with Crippen LogP contribution in [0.3, 0.4) is 0 Å². The predicted octanol–water partition coefficient (Wildman–Crippen LogP) is 5.51. The Morgan fingerprint density at radius 3 is 2.03 bits per heavy atom. The number of hydrogen-bond donors (Lipinski definition) is 0. The standard InChI is InChI=1S/C26H36N2O3.ClH/c1-20(2)26(19-27,22-17-23(29-4)25(31-6)24(18-22)30-5)14-10-15-28(3)16-13-21-11-8-7-9-12-21;/h7-9,11-12,17-18,20H,10,13-16H2,1-6H3;1H. The van der Waals surface area contributed by atoms with Gasteiger partial charge >= 0.3 is 0 Å². The maximum atomic E-state index is 10.3. The summed E-state index contributed by atoms with van der Waals surface area (Å²) in [4.78, 5) is 2.34. The van der Waals surface area contributed by atoms with Crippen molar-refractivity contribution in [2.24, 2.45) is 5.92 Å². The van der Waals surface area contributed by atoms with E-state index < -0.39 is 5.41 Å². The minimum atomic E-state index is -0.632. The normalized spacial score (nSPS) is 12.6. The topological polar surface area (TPSA) is 54.7 Å². The second kappa shape index (κ2) is 13.2. The first-order chi connectivity index (χ1) is 14.9. The van der Waals surface area contributed by atoms with Gasteiger partial charge in [-0.2, -0.15) is 5.26 Å². The largest absolute Gasteiger partial charge is 0.493 e. The molecule has 0 aliphatic carbocycles. The molecule has 0 aromatic heterocycles. The van der Waals surface area contributed by atoms with Crippen molar-refractivity contribution in [1.29, 1.82) is 5.26 Å². The molecular weight excluding hydrogens is 424 g/mol. The number of hydrogen-bond acceptors (Lipinski definition) is 5. The van der Waals surface area contributed by atoms with Crippen LogP contribution in [0, 0.1) is 17.2 Å². The van der Waals surface area contributed by atoms with Crippen LogP contribution in [-0.2, 0) is 11.8 Å². The molecule has 176 valence electrons. The maximum Gasteiger partial charge on any atom is 0.203 e. The summed E-state index contributed by atoms with van der Waals surface area (Å²) >= 11 is 0. The number of halogens is 1. The van der Waals surface area contributed by atoms with Crippen LogP contribution in [0.25, 0.3) is 0 Å². The van der Waals surface area contributed by atoms with Gasteiger partial charge in [0.05, 0.1) is 32.8 Å². The van der Waals surface area contributed by atoms with Crippen molar-refractivity contribution >= 4 is 12.4 Å². The lowest BCUT2D eigenvalue weighted by molar-refractivity contribution is 0.290. The molecule has 0 saturated carbocycles. The fourth-order valence-electron chi connectivity index (χ4n) is 4.06. The zero-order chi connectivity index (χ0) is 22.9. The second-order valence-corrected chi connectivity index (χ2v) is 8.29. The van der Waals surface area contributed by atoms with Crippen LogP contribution >= 0.6 is 12.4 Å². The van der Waals surface area contributed by atoms with Crippen LogP contribution in [-0.4, -0.2) is 46.4 Å². The molecular formula is C26H37ClN2O3. The third kappa shape index (κ3) is 6.54. The van der Waals surface area contributed by atoms with Crippen molar-refractivity contribution in [2.45, 2.75) is 38.5 Å². The molecule has 0 N–H and O–H groups in total. The fraction of sp³-hybridized carbons (Fsp3) is 0.500. The van der Waals surface area contributed by atoms with E-state index in [1.165, 1.54) is 5.56 Å². The highest BCUT2D eigenvalue weighted by atomic mass is 35.5. The Hall–Kier alpha value is -2.42. The Kier molecular flexibility index (Phi) is 11.4. The van der Waals surface area contributed by atoms with Crippen LogP contribution < -0.4 is 14.2 Å². The molecule has 0 bridgehead atoms. The lowest BCUT2D eigenvalue weighted by atomic mass is 9.69. The predicted molar refractivity (Wildman–Crippen MR) is 132 cm³/mol. The molecule has 2 aromatic rings. The summed E-state index contributed by atoms with van der Waals surface area (Å²) in [6.45, 7) is 6.14. The van der Waals surface area contributed by atoms with E-state index in [9.17, 15) is 5.26 Å². The van der Waals surface area contributed by atoms with Crippen molar-refractivity contribution in [1.82, 2.24) is 4.90 Å². The first-order valence-electron chi connectivity index (χ1n) is 10.9. The molecule has 0 radical (unpaired) electrons. The molecule has 5 nitrogen and oxygen atoms in total. The highest BCUT2D eigenvalue weighted by Gasteiger charge is 2.37. The number of likely N-dealkylation sites (N-methyl/N-ethyl adjacent to an activating group) is 1. The monoisotopic (exact) mass is 460 g/mol. The number of ether oxygens (including phenoxy) is 3.